The fourth-order valence-corrected chi connectivity index (χ4v) is 5.64. The number of hydrogen-bond donors (Lipinski definition) is 0. The first-order valence-corrected chi connectivity index (χ1v) is 13.8. The first-order valence-electron chi connectivity index (χ1n) is 13.8. The summed E-state index contributed by atoms with van der Waals surface area (Å²) in [4.78, 5) is 1.80. The van der Waals surface area contributed by atoms with Gasteiger partial charge in [-0.2, -0.15) is 0 Å². The maximum Gasteiger partial charge on any atom is 0.155 e. The topological polar surface area (TPSA) is 3.24 Å². The summed E-state index contributed by atoms with van der Waals surface area (Å²) in [6.07, 6.45) is 0. The van der Waals surface area contributed by atoms with Crippen molar-refractivity contribution in [1.82, 2.24) is 0 Å². The van der Waals surface area contributed by atoms with E-state index in [1.54, 1.807) is 23.1 Å². The Bertz CT molecular complexity index is 1850. The summed E-state index contributed by atoms with van der Waals surface area (Å²) in [5.74, 6) is -0.787. The highest BCUT2D eigenvalue weighted by atomic mass is 19.1. The van der Waals surface area contributed by atoms with Gasteiger partial charge in [0.05, 0.1) is 11.4 Å². The Labute approximate surface area is 240 Å². The highest BCUT2D eigenvalue weighted by molar-refractivity contribution is 5.98. The summed E-state index contributed by atoms with van der Waals surface area (Å²) in [6.45, 7) is 5.93. The number of anilines is 2. The summed E-state index contributed by atoms with van der Waals surface area (Å²) < 4.78 is 32.4. The van der Waals surface area contributed by atoms with E-state index in [9.17, 15) is 0 Å². The predicted octanol–water partition coefficient (Wildman–Crippen LogP) is 11.1. The molecule has 0 saturated heterocycles. The SMILES string of the molecule is CC(C)(C)N(c1ccccc1F)c1c(-c2cccc(-c3cccc4ccccc34)c2)ccc(-c2ccccc2)c1F. The maximum atomic E-state index is 17.0. The van der Waals surface area contributed by atoms with Gasteiger partial charge in [0.15, 0.2) is 5.82 Å². The first kappa shape index (κ1) is 26.5. The van der Waals surface area contributed by atoms with Crippen LogP contribution in [-0.2, 0) is 0 Å². The minimum atomic E-state index is -0.639. The van der Waals surface area contributed by atoms with Crippen LogP contribution in [-0.4, -0.2) is 5.54 Å². The lowest BCUT2D eigenvalue weighted by Crippen LogP contribution is -2.39. The Kier molecular flexibility index (Phi) is 6.88. The molecule has 1 nitrogen and oxygen atoms in total. The molecule has 0 N–H and O–H groups in total. The molecule has 6 rings (SSSR count). The molecule has 0 aromatic heterocycles. The van der Waals surface area contributed by atoms with E-state index in [1.807, 2.05) is 87.5 Å². The summed E-state index contributed by atoms with van der Waals surface area (Å²) in [5, 5.41) is 2.31. The lowest BCUT2D eigenvalue weighted by Gasteiger charge is -2.39. The molecule has 0 atom stereocenters. The molecule has 0 radical (unpaired) electrons. The standard InChI is InChI=1S/C38H31F2N/c1-38(2,3)41(35-22-10-9-21-34(35)39)37-33(24-23-32(36(37)40)27-13-5-4-6-14-27)29-18-11-17-28(25-29)31-20-12-16-26-15-7-8-19-30(26)31/h4-25H,1-3H3. The van der Waals surface area contributed by atoms with Gasteiger partial charge in [0, 0.05) is 16.7 Å². The van der Waals surface area contributed by atoms with Crippen LogP contribution in [0.5, 0.6) is 0 Å². The van der Waals surface area contributed by atoms with Gasteiger partial charge >= 0.3 is 0 Å². The average Bonchev–Trinajstić information content (AvgIpc) is 2.98. The molecule has 202 valence electrons. The molecule has 6 aromatic carbocycles. The zero-order valence-corrected chi connectivity index (χ0v) is 23.4. The molecule has 0 heterocycles. The van der Waals surface area contributed by atoms with Crippen LogP contribution in [0, 0.1) is 11.6 Å². The molecule has 6 aromatic rings. The number of fused-ring (bicyclic) bond motifs is 1. The van der Waals surface area contributed by atoms with Crippen LogP contribution in [0.4, 0.5) is 20.2 Å². The quantitative estimate of drug-likeness (QED) is 0.211. The van der Waals surface area contributed by atoms with E-state index in [0.29, 0.717) is 22.5 Å². The van der Waals surface area contributed by atoms with Crippen LogP contribution in [0.1, 0.15) is 20.8 Å². The van der Waals surface area contributed by atoms with Gasteiger partial charge in [0.25, 0.3) is 0 Å². The minimum Gasteiger partial charge on any atom is -0.331 e. The molecule has 3 heteroatoms. The molecule has 0 unspecified atom stereocenters. The third-order valence-electron chi connectivity index (χ3n) is 7.46. The van der Waals surface area contributed by atoms with E-state index in [1.165, 1.54) is 6.07 Å². The summed E-state index contributed by atoms with van der Waals surface area (Å²) >= 11 is 0. The Hall–Kier alpha value is -4.76. The Morgan fingerprint density at radius 3 is 1.85 bits per heavy atom. The monoisotopic (exact) mass is 539 g/mol. The Morgan fingerprint density at radius 2 is 1.10 bits per heavy atom. The molecular weight excluding hydrogens is 508 g/mol. The van der Waals surface area contributed by atoms with Crippen LogP contribution in [0.2, 0.25) is 0 Å². The molecule has 0 bridgehead atoms. The second kappa shape index (κ2) is 10.7. The van der Waals surface area contributed by atoms with Gasteiger partial charge in [0.2, 0.25) is 0 Å². The third kappa shape index (κ3) is 5.00. The summed E-state index contributed by atoms with van der Waals surface area (Å²) in [5.41, 5.74) is 4.97. The number of hydrogen-bond acceptors (Lipinski definition) is 1. The fraction of sp³-hybridized carbons (Fsp3) is 0.105. The van der Waals surface area contributed by atoms with Gasteiger partial charge in [-0.1, -0.05) is 115 Å². The van der Waals surface area contributed by atoms with Crippen molar-refractivity contribution in [1.29, 1.82) is 0 Å². The molecule has 0 fully saturated rings. The first-order chi connectivity index (χ1) is 19.8. The van der Waals surface area contributed by atoms with Crippen molar-refractivity contribution >= 4 is 22.1 Å². The van der Waals surface area contributed by atoms with Crippen molar-refractivity contribution < 1.29 is 8.78 Å². The molecule has 0 aliphatic rings. The molecule has 0 amide bonds. The van der Waals surface area contributed by atoms with Crippen LogP contribution < -0.4 is 4.90 Å². The van der Waals surface area contributed by atoms with E-state index < -0.39 is 11.4 Å². The van der Waals surface area contributed by atoms with Gasteiger partial charge in [0.1, 0.15) is 5.82 Å². The van der Waals surface area contributed by atoms with Crippen molar-refractivity contribution in [3.8, 4) is 33.4 Å². The number of benzene rings is 6. The van der Waals surface area contributed by atoms with Crippen molar-refractivity contribution in [2.24, 2.45) is 0 Å². The lowest BCUT2D eigenvalue weighted by molar-refractivity contribution is 0.528. The Balaban J connectivity index is 1.62. The number of nitrogens with zero attached hydrogens (tertiary/aromatic N) is 1. The zero-order valence-electron chi connectivity index (χ0n) is 23.4. The van der Waals surface area contributed by atoms with Gasteiger partial charge in [-0.25, -0.2) is 8.78 Å². The van der Waals surface area contributed by atoms with E-state index >= 15 is 8.78 Å². The van der Waals surface area contributed by atoms with Gasteiger partial charge < -0.3 is 4.90 Å². The van der Waals surface area contributed by atoms with E-state index in [0.717, 1.165) is 33.0 Å². The Morgan fingerprint density at radius 1 is 0.512 bits per heavy atom. The number of rotatable bonds is 5. The highest BCUT2D eigenvalue weighted by Gasteiger charge is 2.32. The lowest BCUT2D eigenvalue weighted by atomic mass is 9.91. The van der Waals surface area contributed by atoms with Gasteiger partial charge in [-0.15, -0.1) is 0 Å². The molecule has 0 saturated carbocycles. The van der Waals surface area contributed by atoms with E-state index in [4.69, 9.17) is 0 Å². The normalized spacial score (nSPS) is 11.5. The van der Waals surface area contributed by atoms with Gasteiger partial charge in [-0.3, -0.25) is 0 Å². The van der Waals surface area contributed by atoms with Crippen molar-refractivity contribution in [3.63, 3.8) is 0 Å². The highest BCUT2D eigenvalue weighted by Crippen LogP contribution is 2.46. The van der Waals surface area contributed by atoms with Crippen molar-refractivity contribution in [2.45, 2.75) is 26.3 Å². The molecule has 41 heavy (non-hydrogen) atoms. The molecule has 0 aliphatic carbocycles. The van der Waals surface area contributed by atoms with Crippen LogP contribution in [0.3, 0.4) is 0 Å². The third-order valence-corrected chi connectivity index (χ3v) is 7.46. The largest absolute Gasteiger partial charge is 0.331 e. The average molecular weight is 540 g/mol. The fourth-order valence-electron chi connectivity index (χ4n) is 5.64. The maximum absolute atomic E-state index is 17.0. The van der Waals surface area contributed by atoms with Crippen molar-refractivity contribution in [2.75, 3.05) is 4.90 Å². The second-order valence-corrected chi connectivity index (χ2v) is 11.3. The van der Waals surface area contributed by atoms with Crippen LogP contribution in [0.25, 0.3) is 44.2 Å². The molecular formula is C38H31F2N. The smallest absolute Gasteiger partial charge is 0.155 e. The number of halogens is 2. The second-order valence-electron chi connectivity index (χ2n) is 11.3. The minimum absolute atomic E-state index is 0.329. The summed E-state index contributed by atoms with van der Waals surface area (Å²) in [7, 11) is 0. The van der Waals surface area contributed by atoms with Crippen LogP contribution in [0.15, 0.2) is 133 Å². The summed E-state index contributed by atoms with van der Waals surface area (Å²) in [6, 6.07) is 42.6. The van der Waals surface area contributed by atoms with Crippen LogP contribution >= 0.6 is 0 Å². The van der Waals surface area contributed by atoms with Gasteiger partial charge in [-0.05, 0) is 72.0 Å². The van der Waals surface area contributed by atoms with E-state index in [-0.39, 0.29) is 5.82 Å². The zero-order chi connectivity index (χ0) is 28.6. The number of para-hydroxylation sites is 1. The molecule has 0 aliphatic heterocycles. The van der Waals surface area contributed by atoms with E-state index in [2.05, 4.69) is 42.5 Å². The predicted molar refractivity (Wildman–Crippen MR) is 169 cm³/mol. The van der Waals surface area contributed by atoms with Crippen molar-refractivity contribution in [3.05, 3.63) is 145 Å². The molecule has 0 spiro atoms.